The van der Waals surface area contributed by atoms with E-state index in [-0.39, 0.29) is 17.8 Å². The molecule has 0 aliphatic carbocycles. The number of amides is 2. The van der Waals surface area contributed by atoms with Crippen LogP contribution in [0.15, 0.2) is 35.0 Å². The Morgan fingerprint density at radius 3 is 2.56 bits per heavy atom. The number of anilines is 2. The highest BCUT2D eigenvalue weighted by atomic mass is 19.1. The second kappa shape index (κ2) is 7.61. The summed E-state index contributed by atoms with van der Waals surface area (Å²) in [6.07, 6.45) is 3.02. The SMILES string of the molecule is CNc1ncc(NC(=O)N[C@@H](c2oc3ccc(F)cc3c2C)C(C)C)cn1. The molecule has 0 spiro atoms. The van der Waals surface area contributed by atoms with Crippen molar-refractivity contribution in [3.8, 4) is 0 Å². The van der Waals surface area contributed by atoms with E-state index >= 15 is 0 Å². The number of carbonyl (C=O) groups is 1. The van der Waals surface area contributed by atoms with Crippen molar-refractivity contribution in [2.45, 2.75) is 26.8 Å². The van der Waals surface area contributed by atoms with Gasteiger partial charge in [0.05, 0.1) is 24.1 Å². The third-order valence-electron chi connectivity index (χ3n) is 4.30. The van der Waals surface area contributed by atoms with Crippen LogP contribution in [0.1, 0.15) is 31.2 Å². The maximum atomic E-state index is 13.6. The van der Waals surface area contributed by atoms with Gasteiger partial charge in [-0.3, -0.25) is 0 Å². The Hall–Kier alpha value is -3.16. The van der Waals surface area contributed by atoms with E-state index in [1.165, 1.54) is 24.5 Å². The number of hydrogen-bond acceptors (Lipinski definition) is 5. The van der Waals surface area contributed by atoms with Gasteiger partial charge in [-0.2, -0.15) is 0 Å². The fourth-order valence-corrected chi connectivity index (χ4v) is 2.87. The summed E-state index contributed by atoms with van der Waals surface area (Å²) in [7, 11) is 1.71. The lowest BCUT2D eigenvalue weighted by Crippen LogP contribution is -2.35. The molecule has 1 aromatic carbocycles. The van der Waals surface area contributed by atoms with Gasteiger partial charge in [-0.25, -0.2) is 19.2 Å². The molecule has 27 heavy (non-hydrogen) atoms. The van der Waals surface area contributed by atoms with Crippen LogP contribution in [0.25, 0.3) is 11.0 Å². The molecule has 0 saturated heterocycles. The molecule has 0 radical (unpaired) electrons. The molecule has 8 heteroatoms. The Morgan fingerprint density at radius 1 is 1.22 bits per heavy atom. The molecule has 2 aromatic heterocycles. The van der Waals surface area contributed by atoms with Gasteiger partial charge in [-0.15, -0.1) is 0 Å². The van der Waals surface area contributed by atoms with Crippen molar-refractivity contribution in [2.24, 2.45) is 5.92 Å². The van der Waals surface area contributed by atoms with Gasteiger partial charge >= 0.3 is 6.03 Å². The maximum absolute atomic E-state index is 13.6. The molecular weight excluding hydrogens is 349 g/mol. The summed E-state index contributed by atoms with van der Waals surface area (Å²) < 4.78 is 19.5. The highest BCUT2D eigenvalue weighted by molar-refractivity contribution is 5.89. The van der Waals surface area contributed by atoms with E-state index in [9.17, 15) is 9.18 Å². The predicted octanol–water partition coefficient (Wildman–Crippen LogP) is 4.23. The Morgan fingerprint density at radius 2 is 1.93 bits per heavy atom. The van der Waals surface area contributed by atoms with Gasteiger partial charge < -0.3 is 20.4 Å². The average molecular weight is 371 g/mol. The van der Waals surface area contributed by atoms with Crippen molar-refractivity contribution in [1.82, 2.24) is 15.3 Å². The van der Waals surface area contributed by atoms with Crippen LogP contribution in [-0.4, -0.2) is 23.0 Å². The van der Waals surface area contributed by atoms with Gasteiger partial charge in [-0.05, 0) is 31.0 Å². The van der Waals surface area contributed by atoms with E-state index in [0.717, 1.165) is 5.56 Å². The van der Waals surface area contributed by atoms with Gasteiger partial charge in [0.1, 0.15) is 17.2 Å². The lowest BCUT2D eigenvalue weighted by Gasteiger charge is -2.21. The van der Waals surface area contributed by atoms with Crippen molar-refractivity contribution in [3.63, 3.8) is 0 Å². The van der Waals surface area contributed by atoms with E-state index in [4.69, 9.17) is 4.42 Å². The predicted molar refractivity (Wildman–Crippen MR) is 102 cm³/mol. The number of halogens is 1. The molecule has 0 aliphatic rings. The lowest BCUT2D eigenvalue weighted by molar-refractivity contribution is 0.241. The zero-order chi connectivity index (χ0) is 19.6. The van der Waals surface area contributed by atoms with Crippen LogP contribution in [0.3, 0.4) is 0 Å². The minimum Gasteiger partial charge on any atom is -0.459 e. The van der Waals surface area contributed by atoms with Crippen LogP contribution >= 0.6 is 0 Å². The molecule has 3 N–H and O–H groups in total. The Kier molecular flexibility index (Phi) is 5.25. The van der Waals surface area contributed by atoms with Crippen molar-refractivity contribution in [3.05, 3.63) is 47.7 Å². The standard InChI is InChI=1S/C19H22FN5O2/c1-10(2)16(17-11(3)14-7-12(20)5-6-15(14)27-17)25-19(26)24-13-8-22-18(21-4)23-9-13/h5-10,16H,1-4H3,(H,21,22,23)(H2,24,25,26)/t16-/m1/s1. The first kappa shape index (κ1) is 18.6. The van der Waals surface area contributed by atoms with E-state index in [1.807, 2.05) is 20.8 Å². The quantitative estimate of drug-likeness (QED) is 0.624. The van der Waals surface area contributed by atoms with E-state index < -0.39 is 6.03 Å². The Labute approximate surface area is 156 Å². The zero-order valence-corrected chi connectivity index (χ0v) is 15.6. The van der Waals surface area contributed by atoms with E-state index in [2.05, 4.69) is 25.9 Å². The van der Waals surface area contributed by atoms with Crippen LogP contribution in [-0.2, 0) is 0 Å². The number of aryl methyl sites for hydroxylation is 1. The van der Waals surface area contributed by atoms with Crippen LogP contribution in [0.5, 0.6) is 0 Å². The third kappa shape index (κ3) is 3.99. The van der Waals surface area contributed by atoms with Gasteiger partial charge in [-0.1, -0.05) is 13.8 Å². The summed E-state index contributed by atoms with van der Waals surface area (Å²) in [6, 6.07) is 3.61. The zero-order valence-electron chi connectivity index (χ0n) is 15.6. The maximum Gasteiger partial charge on any atom is 0.319 e. The lowest BCUT2D eigenvalue weighted by atomic mass is 9.98. The molecule has 142 valence electrons. The number of furan rings is 1. The number of urea groups is 1. The largest absolute Gasteiger partial charge is 0.459 e. The second-order valence-electron chi connectivity index (χ2n) is 6.60. The number of carbonyl (C=O) groups excluding carboxylic acids is 1. The van der Waals surface area contributed by atoms with Gasteiger partial charge in [0.15, 0.2) is 0 Å². The molecule has 7 nitrogen and oxygen atoms in total. The molecule has 3 aromatic rings. The number of nitrogens with zero attached hydrogens (tertiary/aromatic N) is 2. The topological polar surface area (TPSA) is 92.1 Å². The second-order valence-corrected chi connectivity index (χ2v) is 6.60. The normalized spacial score (nSPS) is 12.2. The minimum atomic E-state index is -0.402. The Bertz CT molecular complexity index is 953. The molecule has 0 unspecified atom stereocenters. The summed E-state index contributed by atoms with van der Waals surface area (Å²) in [5.41, 5.74) is 1.87. The number of rotatable bonds is 5. The summed E-state index contributed by atoms with van der Waals surface area (Å²) in [5, 5.41) is 9.14. The summed E-state index contributed by atoms with van der Waals surface area (Å²) in [6.45, 7) is 5.81. The minimum absolute atomic E-state index is 0.0581. The molecule has 0 bridgehead atoms. The summed E-state index contributed by atoms with van der Waals surface area (Å²) in [4.78, 5) is 20.6. The van der Waals surface area contributed by atoms with Gasteiger partial charge in [0.2, 0.25) is 5.95 Å². The number of nitrogens with one attached hydrogen (secondary N) is 3. The molecule has 0 saturated carbocycles. The number of aromatic nitrogens is 2. The molecule has 0 aliphatic heterocycles. The molecule has 3 rings (SSSR count). The van der Waals surface area contributed by atoms with Crippen molar-refractivity contribution in [1.29, 1.82) is 0 Å². The highest BCUT2D eigenvalue weighted by Gasteiger charge is 2.25. The molecule has 1 atom stereocenters. The highest BCUT2D eigenvalue weighted by Crippen LogP contribution is 2.33. The third-order valence-corrected chi connectivity index (χ3v) is 4.30. The monoisotopic (exact) mass is 371 g/mol. The molecule has 2 amide bonds. The van der Waals surface area contributed by atoms with Crippen LogP contribution in [0.4, 0.5) is 20.8 Å². The van der Waals surface area contributed by atoms with Crippen LogP contribution in [0, 0.1) is 18.7 Å². The first-order valence-electron chi connectivity index (χ1n) is 8.65. The van der Waals surface area contributed by atoms with E-state index in [1.54, 1.807) is 13.1 Å². The van der Waals surface area contributed by atoms with Crippen molar-refractivity contribution >= 4 is 28.6 Å². The fraction of sp³-hybridized carbons (Fsp3) is 0.316. The van der Waals surface area contributed by atoms with Gasteiger partial charge in [0, 0.05) is 18.0 Å². The van der Waals surface area contributed by atoms with Crippen molar-refractivity contribution in [2.75, 3.05) is 17.7 Å². The fourth-order valence-electron chi connectivity index (χ4n) is 2.87. The van der Waals surface area contributed by atoms with E-state index in [0.29, 0.717) is 28.4 Å². The summed E-state index contributed by atoms with van der Waals surface area (Å²) in [5.74, 6) is 0.811. The van der Waals surface area contributed by atoms with Crippen molar-refractivity contribution < 1.29 is 13.6 Å². The van der Waals surface area contributed by atoms with Gasteiger partial charge in [0.25, 0.3) is 0 Å². The molecule has 0 fully saturated rings. The smallest absolute Gasteiger partial charge is 0.319 e. The Balaban J connectivity index is 1.81. The number of fused-ring (bicyclic) bond motifs is 1. The molecule has 2 heterocycles. The number of hydrogen-bond donors (Lipinski definition) is 3. The average Bonchev–Trinajstić information content (AvgIpc) is 2.96. The first-order chi connectivity index (χ1) is 12.9. The number of benzene rings is 1. The molecular formula is C19H22FN5O2. The summed E-state index contributed by atoms with van der Waals surface area (Å²) >= 11 is 0. The van der Waals surface area contributed by atoms with Crippen LogP contribution in [0.2, 0.25) is 0 Å². The van der Waals surface area contributed by atoms with Crippen LogP contribution < -0.4 is 16.0 Å². The first-order valence-corrected chi connectivity index (χ1v) is 8.65.